The van der Waals surface area contributed by atoms with Crippen LogP contribution in [-0.2, 0) is 0 Å². The number of pyridine rings is 1. The molecule has 0 bridgehead atoms. The van der Waals surface area contributed by atoms with E-state index in [-0.39, 0.29) is 5.75 Å². The van der Waals surface area contributed by atoms with Crippen LogP contribution in [0.4, 0.5) is 13.2 Å². The van der Waals surface area contributed by atoms with Gasteiger partial charge in [-0.25, -0.2) is 4.39 Å². The molecule has 0 spiro atoms. The highest BCUT2D eigenvalue weighted by molar-refractivity contribution is 5.15. The smallest absolute Gasteiger partial charge is 0.427 e. The minimum atomic E-state index is -3.76. The zero-order chi connectivity index (χ0) is 9.03. The van der Waals surface area contributed by atoms with Gasteiger partial charge in [0.1, 0.15) is 5.75 Å². The molecular weight excluding hydrogens is 171 g/mol. The number of ether oxygens (including phenoxy) is 1. The second-order valence-electron chi connectivity index (χ2n) is 2.06. The fourth-order valence-corrected chi connectivity index (χ4v) is 0.607. The molecule has 0 amide bonds. The van der Waals surface area contributed by atoms with Crippen LogP contribution in [0.15, 0.2) is 24.5 Å². The van der Waals surface area contributed by atoms with Gasteiger partial charge in [-0.1, -0.05) is 0 Å². The van der Waals surface area contributed by atoms with Gasteiger partial charge in [0.05, 0.1) is 6.20 Å². The lowest BCUT2D eigenvalue weighted by molar-refractivity contribution is -0.186. The molecule has 0 fully saturated rings. The Balaban J connectivity index is 2.64. The highest BCUT2D eigenvalue weighted by Crippen LogP contribution is 2.20. The first kappa shape index (κ1) is 8.83. The number of halogens is 3. The maximum Gasteiger partial charge on any atom is 0.427 e. The number of nitrogens with zero attached hydrogens (tertiary/aromatic N) is 1. The minimum absolute atomic E-state index is 0.153. The van der Waals surface area contributed by atoms with Gasteiger partial charge in [-0.3, -0.25) is 4.98 Å². The van der Waals surface area contributed by atoms with E-state index in [1.54, 1.807) is 0 Å². The number of aromatic nitrogens is 1. The van der Waals surface area contributed by atoms with Crippen LogP contribution in [0, 0.1) is 0 Å². The van der Waals surface area contributed by atoms with Crippen molar-refractivity contribution in [3.63, 3.8) is 0 Å². The predicted octanol–water partition coefficient (Wildman–Crippen LogP) is 2.02. The van der Waals surface area contributed by atoms with Crippen molar-refractivity contribution in [3.05, 3.63) is 24.5 Å². The van der Waals surface area contributed by atoms with Gasteiger partial charge in [0.25, 0.3) is 0 Å². The lowest BCUT2D eigenvalue weighted by Crippen LogP contribution is -2.26. The van der Waals surface area contributed by atoms with Crippen LogP contribution in [0.2, 0.25) is 0 Å². The summed E-state index contributed by atoms with van der Waals surface area (Å²) in [5.41, 5.74) is 0. The number of hydrogen-bond donors (Lipinski definition) is 0. The Hall–Kier alpha value is -1.26. The molecule has 1 heterocycles. The topological polar surface area (TPSA) is 22.1 Å². The van der Waals surface area contributed by atoms with Crippen LogP contribution < -0.4 is 4.74 Å². The van der Waals surface area contributed by atoms with Crippen LogP contribution in [0.1, 0.15) is 0 Å². The molecule has 5 heteroatoms. The lowest BCUT2D eigenvalue weighted by Gasteiger charge is -2.13. The van der Waals surface area contributed by atoms with Crippen molar-refractivity contribution in [3.8, 4) is 5.75 Å². The summed E-state index contributed by atoms with van der Waals surface area (Å²) in [7, 11) is 0. The quantitative estimate of drug-likeness (QED) is 0.704. The zero-order valence-electron chi connectivity index (χ0n) is 6.01. The standard InChI is InChI=1S/C7H6F3NO/c8-5-7(9,10)12-6-2-1-3-11-4-6/h1-4H,5H2. The fourth-order valence-electron chi connectivity index (χ4n) is 0.607. The Morgan fingerprint density at radius 2 is 2.25 bits per heavy atom. The van der Waals surface area contributed by atoms with E-state index in [0.717, 1.165) is 6.20 Å². The molecule has 0 aliphatic rings. The van der Waals surface area contributed by atoms with Gasteiger partial charge in [0.2, 0.25) is 0 Å². The van der Waals surface area contributed by atoms with Gasteiger partial charge in [0, 0.05) is 6.20 Å². The molecule has 0 aromatic carbocycles. The van der Waals surface area contributed by atoms with E-state index in [2.05, 4.69) is 9.72 Å². The number of rotatable bonds is 3. The number of alkyl halides is 3. The Morgan fingerprint density at radius 3 is 2.75 bits per heavy atom. The summed E-state index contributed by atoms with van der Waals surface area (Å²) < 4.78 is 40.0. The molecule has 0 N–H and O–H groups in total. The maximum absolute atomic E-state index is 12.2. The molecule has 2 nitrogen and oxygen atoms in total. The average Bonchev–Trinajstić information content (AvgIpc) is 2.06. The third-order valence-electron chi connectivity index (χ3n) is 1.06. The van der Waals surface area contributed by atoms with Gasteiger partial charge in [-0.15, -0.1) is 0 Å². The largest absolute Gasteiger partial charge is 0.429 e. The van der Waals surface area contributed by atoms with Crippen LogP contribution >= 0.6 is 0 Å². The van der Waals surface area contributed by atoms with Crippen molar-refractivity contribution in [2.24, 2.45) is 0 Å². The van der Waals surface area contributed by atoms with E-state index in [1.165, 1.54) is 18.3 Å². The molecule has 0 aliphatic carbocycles. The number of hydrogen-bond acceptors (Lipinski definition) is 2. The summed E-state index contributed by atoms with van der Waals surface area (Å²) >= 11 is 0. The molecule has 0 saturated carbocycles. The molecule has 66 valence electrons. The van der Waals surface area contributed by atoms with Gasteiger partial charge in [0.15, 0.2) is 6.67 Å². The highest BCUT2D eigenvalue weighted by atomic mass is 19.3. The van der Waals surface area contributed by atoms with E-state index < -0.39 is 12.8 Å². The van der Waals surface area contributed by atoms with E-state index in [9.17, 15) is 13.2 Å². The van der Waals surface area contributed by atoms with Crippen molar-refractivity contribution in [2.75, 3.05) is 6.67 Å². The molecule has 0 saturated heterocycles. The van der Waals surface area contributed by atoms with Gasteiger partial charge < -0.3 is 4.74 Å². The normalized spacial score (nSPS) is 11.2. The first-order chi connectivity index (χ1) is 5.64. The van der Waals surface area contributed by atoms with Crippen molar-refractivity contribution in [2.45, 2.75) is 6.11 Å². The second kappa shape index (κ2) is 3.42. The van der Waals surface area contributed by atoms with E-state index >= 15 is 0 Å². The molecule has 0 radical (unpaired) electrons. The SMILES string of the molecule is FCC(F)(F)Oc1cccnc1. The highest BCUT2D eigenvalue weighted by Gasteiger charge is 2.31. The lowest BCUT2D eigenvalue weighted by atomic mass is 10.5. The third-order valence-corrected chi connectivity index (χ3v) is 1.06. The summed E-state index contributed by atoms with van der Waals surface area (Å²) in [6, 6.07) is 2.69. The first-order valence-electron chi connectivity index (χ1n) is 3.17. The summed E-state index contributed by atoms with van der Waals surface area (Å²) in [5, 5.41) is 0. The third kappa shape index (κ3) is 2.41. The van der Waals surface area contributed by atoms with Crippen LogP contribution in [0.25, 0.3) is 0 Å². The molecule has 12 heavy (non-hydrogen) atoms. The van der Waals surface area contributed by atoms with E-state index in [0.29, 0.717) is 0 Å². The molecule has 0 atom stereocenters. The van der Waals surface area contributed by atoms with Gasteiger partial charge >= 0.3 is 6.11 Å². The first-order valence-corrected chi connectivity index (χ1v) is 3.17. The Morgan fingerprint density at radius 1 is 1.50 bits per heavy atom. The van der Waals surface area contributed by atoms with Gasteiger partial charge in [-0.05, 0) is 12.1 Å². The maximum atomic E-state index is 12.2. The Kier molecular flexibility index (Phi) is 2.52. The Labute approximate surface area is 67.0 Å². The van der Waals surface area contributed by atoms with E-state index in [1.807, 2.05) is 0 Å². The predicted molar refractivity (Wildman–Crippen MR) is 35.8 cm³/mol. The molecule has 1 rings (SSSR count). The molecule has 1 aromatic heterocycles. The minimum Gasteiger partial charge on any atom is -0.429 e. The summed E-state index contributed by atoms with van der Waals surface area (Å²) in [4.78, 5) is 3.52. The Bertz CT molecular complexity index is 240. The van der Waals surface area contributed by atoms with Crippen LogP contribution in [0.5, 0.6) is 5.75 Å². The van der Waals surface area contributed by atoms with E-state index in [4.69, 9.17) is 0 Å². The van der Waals surface area contributed by atoms with Crippen molar-refractivity contribution < 1.29 is 17.9 Å². The summed E-state index contributed by atoms with van der Waals surface area (Å²) in [6.07, 6.45) is -1.27. The second-order valence-corrected chi connectivity index (χ2v) is 2.06. The zero-order valence-corrected chi connectivity index (χ0v) is 6.01. The van der Waals surface area contributed by atoms with Crippen LogP contribution in [-0.4, -0.2) is 17.8 Å². The summed E-state index contributed by atoms with van der Waals surface area (Å²) in [5.74, 6) is -0.153. The fraction of sp³-hybridized carbons (Fsp3) is 0.286. The molecule has 0 aliphatic heterocycles. The van der Waals surface area contributed by atoms with Crippen molar-refractivity contribution in [1.29, 1.82) is 0 Å². The molecule has 0 unspecified atom stereocenters. The average molecular weight is 177 g/mol. The molecular formula is C7H6F3NO. The van der Waals surface area contributed by atoms with Crippen molar-refractivity contribution >= 4 is 0 Å². The van der Waals surface area contributed by atoms with Gasteiger partial charge in [-0.2, -0.15) is 8.78 Å². The van der Waals surface area contributed by atoms with Crippen molar-refractivity contribution in [1.82, 2.24) is 4.98 Å². The monoisotopic (exact) mass is 177 g/mol. The summed E-state index contributed by atoms with van der Waals surface area (Å²) in [6.45, 7) is -1.85. The van der Waals surface area contributed by atoms with Crippen LogP contribution in [0.3, 0.4) is 0 Å². The molecule has 1 aromatic rings.